The molecule has 7 heteroatoms. The van der Waals surface area contributed by atoms with E-state index in [0.29, 0.717) is 0 Å². The van der Waals surface area contributed by atoms with Crippen molar-refractivity contribution < 1.29 is 28.6 Å². The van der Waals surface area contributed by atoms with E-state index in [0.717, 1.165) is 33.4 Å². The van der Waals surface area contributed by atoms with Crippen molar-refractivity contribution in [3.05, 3.63) is 116 Å². The summed E-state index contributed by atoms with van der Waals surface area (Å²) in [5.74, 6) is -1.72. The van der Waals surface area contributed by atoms with Crippen LogP contribution >= 0.6 is 0 Å². The van der Waals surface area contributed by atoms with Gasteiger partial charge in [-0.15, -0.1) is 0 Å². The first kappa shape index (κ1) is 37.2. The predicted molar refractivity (Wildman–Crippen MR) is 348 cm³/mol. The molecule has 35 rings (SSSR count). The van der Waals surface area contributed by atoms with Crippen LogP contribution in [0.5, 0.6) is 0 Å². The van der Waals surface area contributed by atoms with Crippen LogP contribution in [-0.2, 0) is 44.8 Å². The average molecular weight is 1110 g/mol. The number of nitrogens with one attached hydrogen (secondary N) is 1. The molecule has 7 nitrogen and oxygen atoms in total. The number of methoxy groups -OCH3 is 3. The van der Waals surface area contributed by atoms with Crippen LogP contribution in [0.3, 0.4) is 0 Å². The van der Waals surface area contributed by atoms with Gasteiger partial charge in [-0.2, -0.15) is 0 Å². The molecular formula is C81H23NO6. The van der Waals surface area contributed by atoms with E-state index >= 15 is 14.4 Å². The molecule has 0 amide bonds. The summed E-state index contributed by atoms with van der Waals surface area (Å²) < 4.78 is 19.6. The van der Waals surface area contributed by atoms with Crippen LogP contribution in [0.15, 0.2) is 60.7 Å². The van der Waals surface area contributed by atoms with Crippen molar-refractivity contribution in [2.75, 3.05) is 21.3 Å². The Kier molecular flexibility index (Phi) is 3.83. The third-order valence-electron chi connectivity index (χ3n) is 29.5. The second-order valence-corrected chi connectivity index (χ2v) is 30.0. The minimum Gasteiger partial charge on any atom is -0.468 e. The molecule has 0 bridgehead atoms. The second-order valence-electron chi connectivity index (χ2n) is 30.0. The standard InChI is InChI=1S/C81H23NO6/c1-86-75(83)74(82-73(14-10-6-4-7-11-14)15-12-8-5-9-13-15)78-66-56-47-35-27-19-16-17-20-25-30-29-24(17)26-18(16)23-21-22(19)32(35)40-39-31(21)37-33(23)41-38(26)45-42(29)52-43(30)46-44-34(25)36(28(20)27)48(47)57(66)54(44)62-61(46)70-64(52)69-60(45)55(41)59-50(37)51-49(39)58(53(40)56)67(78)65-63(51)68(59)79(69)80(70,72(65)71(62)78)81(79,76(84)87-2)77(85)88-3/h4-13,66,73-74,82H,1-3H3. The molecule has 2 spiro atoms. The number of hydrogen-bond donors (Lipinski definition) is 1. The average Bonchev–Trinajstić information content (AvgIpc) is 1.35. The van der Waals surface area contributed by atoms with Crippen molar-refractivity contribution in [1.29, 1.82) is 0 Å². The number of rotatable bonds is 8. The lowest BCUT2D eigenvalue weighted by Crippen LogP contribution is -2.59. The lowest BCUT2D eigenvalue weighted by molar-refractivity contribution is -0.163. The number of benzene rings is 17. The molecule has 1 fully saturated rings. The van der Waals surface area contributed by atoms with Crippen molar-refractivity contribution in [3.63, 3.8) is 0 Å². The summed E-state index contributed by atoms with van der Waals surface area (Å²) in [6, 6.07) is 20.0. The lowest BCUT2D eigenvalue weighted by Gasteiger charge is -2.51. The zero-order chi connectivity index (χ0) is 54.8. The number of carbonyl (C=O) groups is 3. The minimum atomic E-state index is -1.87. The molecule has 0 saturated heterocycles. The highest BCUT2D eigenvalue weighted by Gasteiger charge is 3.03. The van der Waals surface area contributed by atoms with Crippen molar-refractivity contribution in [2.45, 2.75) is 34.2 Å². The molecule has 0 radical (unpaired) electrons. The number of ether oxygens (including phenoxy) is 3. The van der Waals surface area contributed by atoms with E-state index in [9.17, 15) is 0 Å². The van der Waals surface area contributed by atoms with E-state index in [4.69, 9.17) is 14.2 Å². The largest absolute Gasteiger partial charge is 0.468 e. The number of carbonyl (C=O) groups excluding carboxylic acids is 3. The molecule has 26 aromatic carbocycles. The van der Waals surface area contributed by atoms with Crippen molar-refractivity contribution in [1.82, 2.24) is 5.32 Å². The number of hydrogen-bond acceptors (Lipinski definition) is 7. The third kappa shape index (κ3) is 2.16. The Hall–Kier alpha value is -10.5. The van der Waals surface area contributed by atoms with Gasteiger partial charge in [0.25, 0.3) is 0 Å². The molecule has 5 unspecified atom stereocenters. The number of allylic oxidation sites excluding steroid dienone is 1. The normalized spacial score (nSPS) is 24.2. The van der Waals surface area contributed by atoms with Crippen LogP contribution in [-0.4, -0.2) is 45.3 Å². The fourth-order valence-electron chi connectivity index (χ4n) is 29.1. The zero-order valence-corrected chi connectivity index (χ0v) is 46.0. The Balaban J connectivity index is 0.992. The first-order chi connectivity index (χ1) is 43.5. The molecule has 9 aliphatic rings. The summed E-state index contributed by atoms with van der Waals surface area (Å²) >= 11 is 0. The van der Waals surface area contributed by atoms with E-state index in [1.54, 1.807) is 7.11 Å². The fourth-order valence-corrected chi connectivity index (χ4v) is 29.1. The monoisotopic (exact) mass is 1110 g/mol. The highest BCUT2D eigenvalue weighted by molar-refractivity contribution is 6.79. The van der Waals surface area contributed by atoms with Gasteiger partial charge in [0.2, 0.25) is 0 Å². The van der Waals surface area contributed by atoms with E-state index in [1.807, 2.05) is 0 Å². The van der Waals surface area contributed by atoms with E-state index in [2.05, 4.69) is 66.0 Å². The summed E-state index contributed by atoms with van der Waals surface area (Å²) in [7, 11) is 4.63. The smallest absolute Gasteiger partial charge is 0.325 e. The summed E-state index contributed by atoms with van der Waals surface area (Å²) in [6.45, 7) is 0. The van der Waals surface area contributed by atoms with E-state index in [-0.39, 0.29) is 11.9 Å². The van der Waals surface area contributed by atoms with Gasteiger partial charge in [-0.05, 0) is 315 Å². The molecule has 1 N–H and O–H groups in total. The van der Waals surface area contributed by atoms with Gasteiger partial charge in [0.15, 0.2) is 5.41 Å². The predicted octanol–water partition coefficient (Wildman–Crippen LogP) is 16.9. The van der Waals surface area contributed by atoms with Crippen molar-refractivity contribution >= 4 is 277 Å². The Labute approximate surface area is 485 Å². The van der Waals surface area contributed by atoms with Crippen LogP contribution in [0.1, 0.15) is 67.6 Å². The Morgan fingerprint density at radius 2 is 0.670 bits per heavy atom. The van der Waals surface area contributed by atoms with Gasteiger partial charge < -0.3 is 14.2 Å². The van der Waals surface area contributed by atoms with E-state index in [1.165, 1.54) is 295 Å². The summed E-state index contributed by atoms with van der Waals surface area (Å²) in [6.07, 6.45) is 0. The second kappa shape index (κ2) is 9.06. The molecule has 9 aliphatic carbocycles. The van der Waals surface area contributed by atoms with Crippen LogP contribution < -0.4 is 5.32 Å². The fraction of sp³-hybridized carbons (Fsp3) is 0.123. The molecular weight excluding hydrogens is 1080 g/mol. The minimum absolute atomic E-state index is 0.313. The van der Waals surface area contributed by atoms with Gasteiger partial charge in [0, 0.05) is 5.92 Å². The maximum atomic E-state index is 17.0. The quantitative estimate of drug-likeness (QED) is 0.0701. The van der Waals surface area contributed by atoms with Crippen LogP contribution in [0.25, 0.3) is 259 Å². The molecule has 0 heterocycles. The molecule has 1 saturated carbocycles. The Bertz CT molecular complexity index is 8200. The van der Waals surface area contributed by atoms with Crippen LogP contribution in [0.4, 0.5) is 0 Å². The van der Waals surface area contributed by atoms with Gasteiger partial charge in [0.05, 0.1) is 43.6 Å². The van der Waals surface area contributed by atoms with Gasteiger partial charge in [-0.3, -0.25) is 19.7 Å². The van der Waals surface area contributed by atoms with Crippen molar-refractivity contribution in [3.8, 4) is 0 Å². The maximum Gasteiger partial charge on any atom is 0.325 e. The first-order valence-corrected chi connectivity index (χ1v) is 31.6. The third-order valence-corrected chi connectivity index (χ3v) is 29.5. The molecule has 388 valence electrons. The van der Waals surface area contributed by atoms with Gasteiger partial charge in [0.1, 0.15) is 6.04 Å². The molecule has 0 aliphatic heterocycles. The summed E-state index contributed by atoms with van der Waals surface area (Å²) in [5, 5.41) is 68.7. The first-order valence-electron chi connectivity index (χ1n) is 31.6. The highest BCUT2D eigenvalue weighted by atomic mass is 16.5. The number of esters is 3. The molecule has 5 atom stereocenters. The van der Waals surface area contributed by atoms with Crippen LogP contribution in [0, 0.1) is 5.41 Å². The Morgan fingerprint density at radius 1 is 0.341 bits per heavy atom. The SMILES string of the molecule is COC(=O)C(NC(c1ccccc1)c1ccccc1)C12C3=C4c5c1c1c6c7c8c9c(c%10c3c3c%11c%12c%13c%14c%15c%16c(c5c5c1c1c6c6c8c8c%17c9c9c%10c3c3c%12c%10c%14c%12c%15c%14c(c%165)c1c1c6c8c5c6c%17c9c3c%10c6c%12c5c%141)C%131C(C(=O)OC)(C(=O)OC)C4%111)C72. The lowest BCUT2D eigenvalue weighted by atomic mass is 9.52. The van der Waals surface area contributed by atoms with Gasteiger partial charge in [-0.25, -0.2) is 0 Å². The molecule has 26 aromatic rings. The molecule has 0 aromatic heterocycles. The molecule has 88 heavy (non-hydrogen) atoms. The van der Waals surface area contributed by atoms with Crippen LogP contribution in [0.2, 0.25) is 0 Å². The topological polar surface area (TPSA) is 90.9 Å². The highest BCUT2D eigenvalue weighted by Crippen LogP contribution is 2.99. The zero-order valence-electron chi connectivity index (χ0n) is 46.0. The van der Waals surface area contributed by atoms with Gasteiger partial charge in [-0.1, -0.05) is 60.7 Å². The summed E-state index contributed by atoms with van der Waals surface area (Å²) in [5.41, 5.74) is 8.57. The maximum absolute atomic E-state index is 17.0. The van der Waals surface area contributed by atoms with Gasteiger partial charge >= 0.3 is 17.9 Å². The summed E-state index contributed by atoms with van der Waals surface area (Å²) in [4.78, 5) is 51.0. The Morgan fingerprint density at radius 3 is 1.11 bits per heavy atom. The van der Waals surface area contributed by atoms with Crippen molar-refractivity contribution in [2.24, 2.45) is 5.41 Å². The van der Waals surface area contributed by atoms with E-state index < -0.39 is 45.7 Å².